The Labute approximate surface area is 150 Å². The molecule has 136 valence electrons. The van der Waals surface area contributed by atoms with E-state index in [1.165, 1.54) is 5.56 Å². The van der Waals surface area contributed by atoms with Crippen molar-refractivity contribution in [2.24, 2.45) is 4.99 Å². The van der Waals surface area contributed by atoms with Crippen LogP contribution in [0.25, 0.3) is 11.5 Å². The van der Waals surface area contributed by atoms with E-state index in [4.69, 9.17) is 4.42 Å². The lowest BCUT2D eigenvalue weighted by Crippen LogP contribution is -2.50. The smallest absolute Gasteiger partial charge is 0.226 e. The maximum absolute atomic E-state index is 5.58. The van der Waals surface area contributed by atoms with Gasteiger partial charge in [0.1, 0.15) is 6.26 Å². The van der Waals surface area contributed by atoms with Gasteiger partial charge in [-0.05, 0) is 47.0 Å². The van der Waals surface area contributed by atoms with E-state index in [0.717, 1.165) is 23.8 Å². The number of aryl methyl sites for hydroxylation is 1. The largest absolute Gasteiger partial charge is 0.444 e. The molecule has 2 aromatic rings. The molecular weight excluding hydrogens is 314 g/mol. The minimum Gasteiger partial charge on any atom is -0.444 e. The quantitative estimate of drug-likeness (QED) is 0.623. The van der Waals surface area contributed by atoms with E-state index in [1.54, 1.807) is 13.3 Å². The third kappa shape index (κ3) is 5.32. The first-order valence-electron chi connectivity index (χ1n) is 8.45. The molecular formula is C19H29N5O. The average Bonchev–Trinajstić information content (AvgIpc) is 3.04. The van der Waals surface area contributed by atoms with Crippen molar-refractivity contribution in [2.45, 2.75) is 32.9 Å². The van der Waals surface area contributed by atoms with E-state index in [0.29, 0.717) is 12.4 Å². The fourth-order valence-electron chi connectivity index (χ4n) is 2.07. The number of hydrogen-bond acceptors (Lipinski definition) is 4. The van der Waals surface area contributed by atoms with Crippen molar-refractivity contribution in [2.75, 3.05) is 27.7 Å². The lowest BCUT2D eigenvalue weighted by Gasteiger charge is -2.33. The van der Waals surface area contributed by atoms with Crippen molar-refractivity contribution >= 4 is 5.96 Å². The molecule has 1 aromatic carbocycles. The molecule has 0 radical (unpaired) electrons. The minimum atomic E-state index is 0.0319. The van der Waals surface area contributed by atoms with Gasteiger partial charge in [-0.15, -0.1) is 0 Å². The molecule has 1 aromatic heterocycles. The maximum Gasteiger partial charge on any atom is 0.226 e. The number of aromatic nitrogens is 1. The fourth-order valence-corrected chi connectivity index (χ4v) is 2.07. The van der Waals surface area contributed by atoms with Gasteiger partial charge < -0.3 is 20.0 Å². The molecule has 6 heteroatoms. The van der Waals surface area contributed by atoms with Crippen LogP contribution in [0.15, 0.2) is 39.9 Å². The van der Waals surface area contributed by atoms with E-state index >= 15 is 0 Å². The van der Waals surface area contributed by atoms with Crippen LogP contribution in [0.2, 0.25) is 0 Å². The van der Waals surface area contributed by atoms with Crippen molar-refractivity contribution in [3.05, 3.63) is 41.8 Å². The lowest BCUT2D eigenvalue weighted by atomic mass is 10.0. The highest BCUT2D eigenvalue weighted by molar-refractivity contribution is 5.79. The van der Waals surface area contributed by atoms with Crippen LogP contribution >= 0.6 is 0 Å². The van der Waals surface area contributed by atoms with Crippen molar-refractivity contribution in [3.63, 3.8) is 0 Å². The summed E-state index contributed by atoms with van der Waals surface area (Å²) in [5.74, 6) is 1.38. The van der Waals surface area contributed by atoms with Crippen molar-refractivity contribution in [1.82, 2.24) is 20.5 Å². The third-order valence-corrected chi connectivity index (χ3v) is 4.41. The molecule has 0 spiro atoms. The second-order valence-corrected chi connectivity index (χ2v) is 7.00. The molecule has 2 N–H and O–H groups in total. The van der Waals surface area contributed by atoms with Gasteiger partial charge >= 0.3 is 0 Å². The molecule has 6 nitrogen and oxygen atoms in total. The van der Waals surface area contributed by atoms with Crippen LogP contribution < -0.4 is 10.6 Å². The Morgan fingerprint density at radius 2 is 1.88 bits per heavy atom. The molecule has 0 amide bonds. The predicted octanol–water partition coefficient (Wildman–Crippen LogP) is 2.66. The molecule has 0 aliphatic rings. The summed E-state index contributed by atoms with van der Waals surface area (Å²) in [6, 6.07) is 8.13. The van der Waals surface area contributed by atoms with Gasteiger partial charge in [0.25, 0.3) is 0 Å². The van der Waals surface area contributed by atoms with Crippen LogP contribution in [-0.4, -0.2) is 49.1 Å². The zero-order valence-electron chi connectivity index (χ0n) is 16.1. The number of aliphatic imine (C=N–C) groups is 1. The highest BCUT2D eigenvalue weighted by atomic mass is 16.3. The van der Waals surface area contributed by atoms with E-state index in [1.807, 2.05) is 12.1 Å². The SMILES string of the molecule is CN=C(NCc1coc(-c2ccc(C)cc2)n1)NCC(C)(C)N(C)C. The molecule has 0 aliphatic heterocycles. The molecule has 0 unspecified atom stereocenters. The van der Waals surface area contributed by atoms with Gasteiger partial charge in [0.2, 0.25) is 5.89 Å². The molecule has 0 atom stereocenters. The first-order chi connectivity index (χ1) is 11.8. The normalized spacial score (nSPS) is 12.5. The monoisotopic (exact) mass is 343 g/mol. The van der Waals surface area contributed by atoms with E-state index in [2.05, 4.69) is 72.5 Å². The Morgan fingerprint density at radius 1 is 1.20 bits per heavy atom. The second kappa shape index (κ2) is 8.16. The highest BCUT2D eigenvalue weighted by Gasteiger charge is 2.20. The maximum atomic E-state index is 5.58. The van der Waals surface area contributed by atoms with Gasteiger partial charge in [-0.2, -0.15) is 0 Å². The van der Waals surface area contributed by atoms with Gasteiger partial charge in [-0.3, -0.25) is 4.99 Å². The molecule has 0 saturated carbocycles. The van der Waals surface area contributed by atoms with Crippen LogP contribution in [0, 0.1) is 6.92 Å². The van der Waals surface area contributed by atoms with E-state index in [9.17, 15) is 0 Å². The first kappa shape index (κ1) is 19.0. The lowest BCUT2D eigenvalue weighted by molar-refractivity contribution is 0.197. The Hall–Kier alpha value is -2.34. The van der Waals surface area contributed by atoms with Crippen molar-refractivity contribution in [3.8, 4) is 11.5 Å². The summed E-state index contributed by atoms with van der Waals surface area (Å²) in [6.07, 6.45) is 1.68. The van der Waals surface area contributed by atoms with E-state index < -0.39 is 0 Å². The Morgan fingerprint density at radius 3 is 2.48 bits per heavy atom. The summed E-state index contributed by atoms with van der Waals surface area (Å²) in [5, 5.41) is 6.61. The number of nitrogens with one attached hydrogen (secondary N) is 2. The summed E-state index contributed by atoms with van der Waals surface area (Å²) < 4.78 is 5.58. The van der Waals surface area contributed by atoms with Crippen molar-refractivity contribution in [1.29, 1.82) is 0 Å². The zero-order valence-corrected chi connectivity index (χ0v) is 16.1. The average molecular weight is 343 g/mol. The zero-order chi connectivity index (χ0) is 18.4. The standard InChI is InChI=1S/C19H29N5O/c1-14-7-9-15(10-8-14)17-23-16(12-25-17)11-21-18(20-4)22-13-19(2,3)24(5)6/h7-10,12H,11,13H2,1-6H3,(H2,20,21,22). The van der Waals surface area contributed by atoms with Crippen molar-refractivity contribution < 1.29 is 4.42 Å². The summed E-state index contributed by atoms with van der Waals surface area (Å²) in [6.45, 7) is 7.76. The fraction of sp³-hybridized carbons (Fsp3) is 0.474. The number of oxazole rings is 1. The number of likely N-dealkylation sites (N-methyl/N-ethyl adjacent to an activating group) is 1. The number of benzene rings is 1. The Kier molecular flexibility index (Phi) is 6.20. The molecule has 0 fully saturated rings. The van der Waals surface area contributed by atoms with Gasteiger partial charge in [-0.25, -0.2) is 4.98 Å². The molecule has 25 heavy (non-hydrogen) atoms. The van der Waals surface area contributed by atoms with Crippen LogP contribution in [0.5, 0.6) is 0 Å². The van der Waals surface area contributed by atoms with Gasteiger partial charge in [0.05, 0.1) is 12.2 Å². The van der Waals surface area contributed by atoms with Gasteiger partial charge in [0.15, 0.2) is 5.96 Å². The molecule has 2 rings (SSSR count). The van der Waals surface area contributed by atoms with Gasteiger partial charge in [-0.1, -0.05) is 17.7 Å². The molecule has 0 aliphatic carbocycles. The van der Waals surface area contributed by atoms with Crippen LogP contribution in [-0.2, 0) is 6.54 Å². The molecule has 0 bridgehead atoms. The number of hydrogen-bond donors (Lipinski definition) is 2. The third-order valence-electron chi connectivity index (χ3n) is 4.41. The summed E-state index contributed by atoms with van der Waals surface area (Å²) in [4.78, 5) is 11.0. The summed E-state index contributed by atoms with van der Waals surface area (Å²) in [5.41, 5.74) is 3.06. The van der Waals surface area contributed by atoms with Crippen LogP contribution in [0.3, 0.4) is 0 Å². The number of nitrogens with zero attached hydrogens (tertiary/aromatic N) is 3. The van der Waals surface area contributed by atoms with E-state index in [-0.39, 0.29) is 5.54 Å². The predicted molar refractivity (Wildman–Crippen MR) is 103 cm³/mol. The van der Waals surface area contributed by atoms with Gasteiger partial charge in [0, 0.05) is 24.7 Å². The Balaban J connectivity index is 1.91. The topological polar surface area (TPSA) is 65.7 Å². The van der Waals surface area contributed by atoms with Crippen LogP contribution in [0.1, 0.15) is 25.1 Å². The summed E-state index contributed by atoms with van der Waals surface area (Å²) in [7, 11) is 5.90. The number of rotatable bonds is 6. The Bertz CT molecular complexity index is 701. The van der Waals surface area contributed by atoms with Crippen LogP contribution in [0.4, 0.5) is 0 Å². The number of guanidine groups is 1. The first-order valence-corrected chi connectivity index (χ1v) is 8.45. The second-order valence-electron chi connectivity index (χ2n) is 7.00. The minimum absolute atomic E-state index is 0.0319. The molecule has 0 saturated heterocycles. The molecule has 1 heterocycles. The summed E-state index contributed by atoms with van der Waals surface area (Å²) >= 11 is 0. The highest BCUT2D eigenvalue weighted by Crippen LogP contribution is 2.19.